The lowest BCUT2D eigenvalue weighted by molar-refractivity contribution is -0.137. The summed E-state index contributed by atoms with van der Waals surface area (Å²) in [7, 11) is 0. The molecule has 6 nitrogen and oxygen atoms in total. The smallest absolute Gasteiger partial charge is 0.303 e. The summed E-state index contributed by atoms with van der Waals surface area (Å²) in [5.74, 6) is 2.42. The lowest BCUT2D eigenvalue weighted by atomic mass is 9.77. The molecule has 3 N–H and O–H groups in total. The van der Waals surface area contributed by atoms with Crippen LogP contribution in [0.15, 0.2) is 12.2 Å². The fraction of sp³-hybridized carbons (Fsp3) is 0.667. The summed E-state index contributed by atoms with van der Waals surface area (Å²) in [6.45, 7) is 0.773. The Labute approximate surface area is 172 Å². The molecule has 0 aromatic rings. The molecule has 2 bridgehead atoms. The third-order valence-corrected chi connectivity index (χ3v) is 5.75. The number of thiocarbonyl (C=S) groups is 1. The minimum atomic E-state index is -0.753. The summed E-state index contributed by atoms with van der Waals surface area (Å²) < 4.78 is 6.06. The van der Waals surface area contributed by atoms with Crippen LogP contribution in [-0.2, 0) is 14.3 Å². The van der Waals surface area contributed by atoms with Crippen LogP contribution in [0.4, 0.5) is 0 Å². The van der Waals surface area contributed by atoms with Crippen LogP contribution < -0.4 is 10.6 Å². The van der Waals surface area contributed by atoms with Crippen molar-refractivity contribution < 1.29 is 19.4 Å². The highest BCUT2D eigenvalue weighted by Gasteiger charge is 2.47. The number of nitrogens with one attached hydrogen (secondary N) is 2. The van der Waals surface area contributed by atoms with Gasteiger partial charge >= 0.3 is 5.97 Å². The zero-order valence-corrected chi connectivity index (χ0v) is 17.0. The minimum Gasteiger partial charge on any atom is -0.481 e. The molecule has 0 unspecified atom stereocenters. The van der Waals surface area contributed by atoms with Crippen LogP contribution in [0.3, 0.4) is 0 Å². The number of amides is 1. The fourth-order valence-corrected chi connectivity index (χ4v) is 4.14. The van der Waals surface area contributed by atoms with Crippen LogP contribution in [0.2, 0.25) is 0 Å². The summed E-state index contributed by atoms with van der Waals surface area (Å²) in [5.41, 5.74) is 0. The summed E-state index contributed by atoms with van der Waals surface area (Å²) in [5, 5.41) is 14.6. The number of carbonyl (C=O) groups excluding carboxylic acids is 1. The van der Waals surface area contributed by atoms with E-state index < -0.39 is 5.97 Å². The first kappa shape index (κ1) is 22.4. The van der Waals surface area contributed by atoms with E-state index in [0.29, 0.717) is 42.6 Å². The van der Waals surface area contributed by atoms with E-state index in [9.17, 15) is 9.59 Å². The Bertz CT molecular complexity index is 628. The van der Waals surface area contributed by atoms with Crippen molar-refractivity contribution in [3.63, 3.8) is 0 Å². The molecule has 2 heterocycles. The Kier molecular flexibility index (Phi) is 9.45. The molecule has 2 saturated heterocycles. The average molecular weight is 407 g/mol. The number of carboxylic acid groups (broad SMARTS) is 1. The zero-order chi connectivity index (χ0) is 20.4. The van der Waals surface area contributed by atoms with Crippen LogP contribution in [0.1, 0.15) is 51.4 Å². The molecule has 0 saturated carbocycles. The molecule has 7 heteroatoms. The largest absolute Gasteiger partial charge is 0.481 e. The number of unbranched alkanes of at least 4 members (excludes halogenated alkanes) is 1. The van der Waals surface area contributed by atoms with Crippen LogP contribution in [0.25, 0.3) is 0 Å². The van der Waals surface area contributed by atoms with Gasteiger partial charge in [-0.3, -0.25) is 9.59 Å². The van der Waals surface area contributed by atoms with Crippen molar-refractivity contribution in [2.24, 2.45) is 11.8 Å². The van der Waals surface area contributed by atoms with Crippen molar-refractivity contribution in [1.29, 1.82) is 0 Å². The minimum absolute atomic E-state index is 0.0752. The number of allylic oxidation sites excluding steroid dienone is 2. The number of hydrogen-bond donors (Lipinski definition) is 3. The van der Waals surface area contributed by atoms with Gasteiger partial charge in [-0.2, -0.15) is 0 Å². The number of carboxylic acids is 1. The lowest BCUT2D eigenvalue weighted by Crippen LogP contribution is -2.42. The van der Waals surface area contributed by atoms with Crippen molar-refractivity contribution in [3.8, 4) is 12.3 Å². The van der Waals surface area contributed by atoms with Crippen molar-refractivity contribution in [1.82, 2.24) is 10.6 Å². The van der Waals surface area contributed by atoms with E-state index in [0.717, 1.165) is 25.7 Å². The molecule has 2 fully saturated rings. The topological polar surface area (TPSA) is 87.7 Å². The Hall–Kier alpha value is -1.91. The maximum absolute atomic E-state index is 12.1. The van der Waals surface area contributed by atoms with Crippen LogP contribution >= 0.6 is 12.2 Å². The Morgan fingerprint density at radius 1 is 1.18 bits per heavy atom. The van der Waals surface area contributed by atoms with Gasteiger partial charge < -0.3 is 20.5 Å². The quantitative estimate of drug-likeness (QED) is 0.200. The zero-order valence-electron chi connectivity index (χ0n) is 16.2. The van der Waals surface area contributed by atoms with E-state index >= 15 is 0 Å². The average Bonchev–Trinajstić information content (AvgIpc) is 3.27. The molecule has 0 aromatic heterocycles. The summed E-state index contributed by atoms with van der Waals surface area (Å²) in [6, 6.07) is 0. The molecule has 28 heavy (non-hydrogen) atoms. The van der Waals surface area contributed by atoms with E-state index in [1.165, 1.54) is 0 Å². The Balaban J connectivity index is 1.71. The molecule has 1 amide bonds. The second-order valence-electron chi connectivity index (χ2n) is 7.40. The van der Waals surface area contributed by atoms with Gasteiger partial charge in [-0.1, -0.05) is 24.4 Å². The molecule has 0 spiro atoms. The standard InChI is InChI=1S/C21H30N2O4S/c1-2-3-9-20(28)23-14-19(24)22-13-16-15(17-11-12-18(16)27-17)8-6-4-5-7-10-21(25)26/h1,4,6,15-18H,3,5,7-14H2,(H,22,24)(H,23,28)(H,25,26)/b6-4-/t15-,16+,17-,18+/m1/s1. The molecule has 2 rings (SSSR count). The third-order valence-electron chi connectivity index (χ3n) is 5.40. The molecule has 0 aromatic carbocycles. The predicted octanol–water partition coefficient (Wildman–Crippen LogP) is 2.43. The summed E-state index contributed by atoms with van der Waals surface area (Å²) >= 11 is 5.14. The maximum atomic E-state index is 12.1. The number of terminal acetylenes is 1. The molecule has 0 aliphatic carbocycles. The molecule has 0 radical (unpaired) electrons. The number of ether oxygens (including phenoxy) is 1. The van der Waals surface area contributed by atoms with Gasteiger partial charge in [0.15, 0.2) is 0 Å². The molecule has 2 aliphatic rings. The van der Waals surface area contributed by atoms with Crippen LogP contribution in [-0.4, -0.2) is 47.3 Å². The Morgan fingerprint density at radius 2 is 1.93 bits per heavy atom. The molecular weight excluding hydrogens is 376 g/mol. The number of hydrogen-bond acceptors (Lipinski definition) is 4. The second-order valence-corrected chi connectivity index (χ2v) is 7.89. The summed E-state index contributed by atoms with van der Waals surface area (Å²) in [6.07, 6.45) is 15.7. The highest BCUT2D eigenvalue weighted by molar-refractivity contribution is 7.80. The first-order valence-electron chi connectivity index (χ1n) is 10.0. The SMILES string of the molecule is C#CCCC(=S)NCC(=O)NC[C@H]1[C@@H](C/C=C\CCCC(=O)O)[C@H]2CC[C@@H]1O2. The molecule has 154 valence electrons. The van der Waals surface area contributed by atoms with Gasteiger partial charge in [0.25, 0.3) is 0 Å². The van der Waals surface area contributed by atoms with Crippen molar-refractivity contribution in [2.45, 2.75) is 63.6 Å². The normalized spacial score (nSPS) is 25.5. The van der Waals surface area contributed by atoms with E-state index in [4.69, 9.17) is 28.5 Å². The Morgan fingerprint density at radius 3 is 2.64 bits per heavy atom. The second kappa shape index (κ2) is 11.8. The number of rotatable bonds is 12. The van der Waals surface area contributed by atoms with Gasteiger partial charge in [-0.15, -0.1) is 12.3 Å². The number of fused-ring (bicyclic) bond motifs is 2. The third kappa shape index (κ3) is 7.25. The van der Waals surface area contributed by atoms with E-state index in [1.807, 2.05) is 0 Å². The number of carbonyl (C=O) groups is 2. The van der Waals surface area contributed by atoms with E-state index in [1.54, 1.807) is 0 Å². The van der Waals surface area contributed by atoms with Crippen molar-refractivity contribution >= 4 is 29.1 Å². The van der Waals surface area contributed by atoms with Gasteiger partial charge in [0.05, 0.1) is 23.7 Å². The highest BCUT2D eigenvalue weighted by Crippen LogP contribution is 2.44. The first-order valence-corrected chi connectivity index (χ1v) is 10.4. The van der Waals surface area contributed by atoms with Crippen molar-refractivity contribution in [3.05, 3.63) is 12.2 Å². The highest BCUT2D eigenvalue weighted by atomic mass is 32.1. The van der Waals surface area contributed by atoms with Crippen LogP contribution in [0.5, 0.6) is 0 Å². The predicted molar refractivity (Wildman–Crippen MR) is 112 cm³/mol. The fourth-order valence-electron chi connectivity index (χ4n) is 3.97. The first-order chi connectivity index (χ1) is 13.5. The monoisotopic (exact) mass is 406 g/mol. The van der Waals surface area contributed by atoms with E-state index in [2.05, 4.69) is 28.7 Å². The summed E-state index contributed by atoms with van der Waals surface area (Å²) in [4.78, 5) is 23.2. The van der Waals surface area contributed by atoms with Crippen molar-refractivity contribution in [2.75, 3.05) is 13.1 Å². The van der Waals surface area contributed by atoms with Gasteiger partial charge in [0.1, 0.15) is 0 Å². The van der Waals surface area contributed by atoms with E-state index in [-0.39, 0.29) is 31.1 Å². The molecule has 4 atom stereocenters. The van der Waals surface area contributed by atoms with Gasteiger partial charge in [0.2, 0.25) is 5.91 Å². The number of aliphatic carboxylic acids is 1. The van der Waals surface area contributed by atoms with Gasteiger partial charge in [-0.25, -0.2) is 0 Å². The molecule has 2 aliphatic heterocycles. The molecular formula is C21H30N2O4S. The van der Waals surface area contributed by atoms with Gasteiger partial charge in [-0.05, 0) is 38.0 Å². The van der Waals surface area contributed by atoms with Gasteiger partial charge in [0, 0.05) is 31.7 Å². The maximum Gasteiger partial charge on any atom is 0.303 e. The van der Waals surface area contributed by atoms with Crippen LogP contribution in [0, 0.1) is 24.2 Å². The lowest BCUT2D eigenvalue weighted by Gasteiger charge is -2.27.